The predicted molar refractivity (Wildman–Crippen MR) is 85.4 cm³/mol. The summed E-state index contributed by atoms with van der Waals surface area (Å²) in [6.07, 6.45) is -1.74. The number of aromatic carboxylic acids is 1. The molecule has 2 rings (SSSR count). The van der Waals surface area contributed by atoms with Crippen molar-refractivity contribution in [1.82, 2.24) is 0 Å². The average molecular weight is 372 g/mol. The summed E-state index contributed by atoms with van der Waals surface area (Å²) in [5.74, 6) is -1.46. The first kappa shape index (κ1) is 18.5. The van der Waals surface area contributed by atoms with Crippen molar-refractivity contribution in [3.8, 4) is 0 Å². The number of carboxylic acids is 1. The molecule has 0 amide bonds. The summed E-state index contributed by atoms with van der Waals surface area (Å²) in [5.41, 5.74) is -1.34. The van der Waals surface area contributed by atoms with E-state index in [0.717, 1.165) is 24.3 Å². The zero-order valence-electron chi connectivity index (χ0n) is 12.2. The van der Waals surface area contributed by atoms with Gasteiger partial charge in [-0.1, -0.05) is 29.8 Å². The van der Waals surface area contributed by atoms with Crippen LogP contribution in [-0.2, 0) is 6.18 Å². The van der Waals surface area contributed by atoms with Gasteiger partial charge in [0.15, 0.2) is 0 Å². The van der Waals surface area contributed by atoms with E-state index >= 15 is 0 Å². The van der Waals surface area contributed by atoms with Crippen LogP contribution in [0.4, 0.5) is 18.9 Å². The highest BCUT2D eigenvalue weighted by Gasteiger charge is 2.30. The van der Waals surface area contributed by atoms with Gasteiger partial charge >= 0.3 is 12.1 Å². The molecule has 0 bridgehead atoms. The number of nitro groups is 1. The Morgan fingerprint density at radius 1 is 1.16 bits per heavy atom. The van der Waals surface area contributed by atoms with Gasteiger partial charge in [-0.2, -0.15) is 13.2 Å². The Labute approximate surface area is 144 Å². The monoisotopic (exact) mass is 371 g/mol. The topological polar surface area (TPSA) is 80.4 Å². The van der Waals surface area contributed by atoms with Crippen LogP contribution in [0.3, 0.4) is 0 Å². The molecule has 2 aromatic rings. The first-order chi connectivity index (χ1) is 11.6. The number of nitro benzene ring substituents is 1. The van der Waals surface area contributed by atoms with Crippen molar-refractivity contribution >= 4 is 35.4 Å². The van der Waals surface area contributed by atoms with Gasteiger partial charge in [0.1, 0.15) is 5.56 Å². The minimum absolute atomic E-state index is 0.133. The zero-order chi connectivity index (χ0) is 18.8. The molecule has 0 aromatic heterocycles. The zero-order valence-corrected chi connectivity index (χ0v) is 13.0. The summed E-state index contributed by atoms with van der Waals surface area (Å²) < 4.78 is 37.8. The minimum Gasteiger partial charge on any atom is -0.477 e. The Morgan fingerprint density at radius 2 is 1.84 bits per heavy atom. The quantitative estimate of drug-likeness (QED) is 0.458. The van der Waals surface area contributed by atoms with E-state index in [1.165, 1.54) is 24.3 Å². The first-order valence-electron chi connectivity index (χ1n) is 6.66. The fraction of sp³-hybridized carbons (Fsp3) is 0.0625. The van der Waals surface area contributed by atoms with Gasteiger partial charge in [-0.25, -0.2) is 4.79 Å². The van der Waals surface area contributed by atoms with E-state index in [4.69, 9.17) is 16.7 Å². The maximum atomic E-state index is 12.6. The number of hydrogen-bond donors (Lipinski definition) is 1. The van der Waals surface area contributed by atoms with Gasteiger partial charge in [0.2, 0.25) is 0 Å². The summed E-state index contributed by atoms with van der Waals surface area (Å²) in [5, 5.41) is 19.7. The van der Waals surface area contributed by atoms with Crippen LogP contribution in [0.1, 0.15) is 27.0 Å². The van der Waals surface area contributed by atoms with E-state index in [2.05, 4.69) is 0 Å². The Bertz CT molecular complexity index is 878. The highest BCUT2D eigenvalue weighted by molar-refractivity contribution is 6.32. The smallest absolute Gasteiger partial charge is 0.416 e. The maximum Gasteiger partial charge on any atom is 0.416 e. The molecule has 0 radical (unpaired) electrons. The average Bonchev–Trinajstić information content (AvgIpc) is 2.52. The van der Waals surface area contributed by atoms with Crippen molar-refractivity contribution in [3.63, 3.8) is 0 Å². The van der Waals surface area contributed by atoms with E-state index in [-0.39, 0.29) is 10.6 Å². The summed E-state index contributed by atoms with van der Waals surface area (Å²) in [6.45, 7) is 0. The lowest BCUT2D eigenvalue weighted by Gasteiger charge is -2.08. The van der Waals surface area contributed by atoms with Crippen LogP contribution < -0.4 is 0 Å². The molecule has 0 aliphatic rings. The fourth-order valence-corrected chi connectivity index (χ4v) is 2.26. The van der Waals surface area contributed by atoms with E-state index in [0.29, 0.717) is 5.56 Å². The largest absolute Gasteiger partial charge is 0.477 e. The van der Waals surface area contributed by atoms with Gasteiger partial charge in [0.25, 0.3) is 5.69 Å². The highest BCUT2D eigenvalue weighted by Crippen LogP contribution is 2.32. The lowest BCUT2D eigenvalue weighted by molar-refractivity contribution is -0.385. The van der Waals surface area contributed by atoms with Crippen LogP contribution in [0.5, 0.6) is 0 Å². The number of benzene rings is 2. The number of carbonyl (C=O) groups is 1. The summed E-state index contributed by atoms with van der Waals surface area (Å²) in [6, 6.07) is 6.26. The van der Waals surface area contributed by atoms with Gasteiger partial charge < -0.3 is 5.11 Å². The fourth-order valence-electron chi connectivity index (χ4n) is 2.01. The van der Waals surface area contributed by atoms with Gasteiger partial charge in [0.05, 0.1) is 10.5 Å². The van der Waals surface area contributed by atoms with E-state index in [1.54, 1.807) is 0 Å². The third-order valence-electron chi connectivity index (χ3n) is 3.23. The standard InChI is InChI=1S/C16H9ClF3NO4/c17-13-8-11(16(18,19)20)5-4-10(13)3-1-9-2-6-14(21(24)25)12(7-9)15(22)23/h1-8H,(H,22,23). The molecule has 0 aliphatic carbocycles. The molecule has 1 N–H and O–H groups in total. The third kappa shape index (κ3) is 4.36. The molecular weight excluding hydrogens is 363 g/mol. The normalized spacial score (nSPS) is 11.7. The molecule has 25 heavy (non-hydrogen) atoms. The van der Waals surface area contributed by atoms with Crippen LogP contribution >= 0.6 is 11.6 Å². The maximum absolute atomic E-state index is 12.6. The van der Waals surface area contributed by atoms with Crippen molar-refractivity contribution in [1.29, 1.82) is 0 Å². The number of carboxylic acid groups (broad SMARTS) is 1. The van der Waals surface area contributed by atoms with Crippen molar-refractivity contribution in [2.75, 3.05) is 0 Å². The summed E-state index contributed by atoms with van der Waals surface area (Å²) >= 11 is 5.82. The molecule has 2 aromatic carbocycles. The Balaban J connectivity index is 2.35. The molecule has 0 saturated heterocycles. The minimum atomic E-state index is -4.51. The van der Waals surface area contributed by atoms with Crippen molar-refractivity contribution in [2.45, 2.75) is 6.18 Å². The summed E-state index contributed by atoms with van der Waals surface area (Å²) in [7, 11) is 0. The lowest BCUT2D eigenvalue weighted by atomic mass is 10.1. The molecule has 9 heteroatoms. The van der Waals surface area contributed by atoms with Crippen molar-refractivity contribution in [3.05, 3.63) is 73.8 Å². The SMILES string of the molecule is O=C(O)c1cc(C=Cc2ccc(C(F)(F)F)cc2Cl)ccc1[N+](=O)[O-]. The molecule has 0 saturated carbocycles. The van der Waals surface area contributed by atoms with E-state index in [9.17, 15) is 28.1 Å². The van der Waals surface area contributed by atoms with Gasteiger partial charge in [-0.05, 0) is 35.4 Å². The van der Waals surface area contributed by atoms with Crippen molar-refractivity contribution < 1.29 is 28.0 Å². The molecule has 0 unspecified atom stereocenters. The van der Waals surface area contributed by atoms with Crippen LogP contribution in [-0.4, -0.2) is 16.0 Å². The highest BCUT2D eigenvalue weighted by atomic mass is 35.5. The van der Waals surface area contributed by atoms with Crippen LogP contribution in [0.2, 0.25) is 5.02 Å². The molecular formula is C16H9ClF3NO4. The van der Waals surface area contributed by atoms with Crippen LogP contribution in [0.15, 0.2) is 36.4 Å². The molecule has 130 valence electrons. The number of alkyl halides is 3. The molecule has 5 nitrogen and oxygen atoms in total. The van der Waals surface area contributed by atoms with E-state index < -0.39 is 33.9 Å². The number of nitrogens with zero attached hydrogens (tertiary/aromatic N) is 1. The van der Waals surface area contributed by atoms with Crippen molar-refractivity contribution in [2.24, 2.45) is 0 Å². The number of rotatable bonds is 4. The predicted octanol–water partition coefficient (Wildman–Crippen LogP) is 5.14. The van der Waals surface area contributed by atoms with E-state index in [1.807, 2.05) is 0 Å². The second kappa shape index (κ2) is 6.94. The molecule has 0 heterocycles. The Morgan fingerprint density at radius 3 is 2.36 bits per heavy atom. The molecule has 0 spiro atoms. The second-order valence-corrected chi connectivity index (χ2v) is 5.31. The third-order valence-corrected chi connectivity index (χ3v) is 3.56. The Hall–Kier alpha value is -2.87. The number of halogens is 4. The molecule has 0 atom stereocenters. The lowest BCUT2D eigenvalue weighted by Crippen LogP contribution is -2.04. The first-order valence-corrected chi connectivity index (χ1v) is 7.04. The van der Waals surface area contributed by atoms with Crippen LogP contribution in [0, 0.1) is 10.1 Å². The van der Waals surface area contributed by atoms with Gasteiger partial charge in [-0.3, -0.25) is 10.1 Å². The molecule has 0 aliphatic heterocycles. The molecule has 0 fully saturated rings. The summed E-state index contributed by atoms with van der Waals surface area (Å²) in [4.78, 5) is 21.1. The number of hydrogen-bond acceptors (Lipinski definition) is 3. The second-order valence-electron chi connectivity index (χ2n) is 4.91. The van der Waals surface area contributed by atoms with Crippen LogP contribution in [0.25, 0.3) is 12.2 Å². The van der Waals surface area contributed by atoms with Gasteiger partial charge in [0, 0.05) is 11.1 Å². The van der Waals surface area contributed by atoms with Gasteiger partial charge in [-0.15, -0.1) is 0 Å². The Kier molecular flexibility index (Phi) is 5.13.